The molecule has 0 saturated carbocycles. The first kappa shape index (κ1) is 17.3. The maximum Gasteiger partial charge on any atom is 0.136 e. The molecule has 5 aromatic rings. The molecule has 1 nitrogen and oxygen atoms in total. The zero-order chi connectivity index (χ0) is 18.9. The van der Waals surface area contributed by atoms with Crippen LogP contribution in [0.4, 0.5) is 0 Å². The lowest BCUT2D eigenvalue weighted by molar-refractivity contribution is 0.632. The Labute approximate surface area is 166 Å². The fourth-order valence-electron chi connectivity index (χ4n) is 4.51. The lowest BCUT2D eigenvalue weighted by Gasteiger charge is -2.08. The van der Waals surface area contributed by atoms with Gasteiger partial charge in [-0.15, -0.1) is 0 Å². The summed E-state index contributed by atoms with van der Waals surface area (Å²) >= 11 is 0. The van der Waals surface area contributed by atoms with E-state index in [2.05, 4.69) is 67.6 Å². The number of furan rings is 1. The Morgan fingerprint density at radius 2 is 1.46 bits per heavy atom. The topological polar surface area (TPSA) is 13.1 Å². The molecule has 28 heavy (non-hydrogen) atoms. The van der Waals surface area contributed by atoms with Gasteiger partial charge >= 0.3 is 0 Å². The number of benzene rings is 4. The first-order valence-electron chi connectivity index (χ1n) is 10.6. The zero-order valence-electron chi connectivity index (χ0n) is 16.5. The van der Waals surface area contributed by atoms with Crippen molar-refractivity contribution < 1.29 is 4.42 Å². The average Bonchev–Trinajstić information content (AvgIpc) is 3.12. The van der Waals surface area contributed by atoms with Gasteiger partial charge in [0.25, 0.3) is 0 Å². The summed E-state index contributed by atoms with van der Waals surface area (Å²) in [6, 6.07) is 24.2. The van der Waals surface area contributed by atoms with E-state index < -0.39 is 0 Å². The predicted octanol–water partition coefficient (Wildman–Crippen LogP) is 8.41. The first-order chi connectivity index (χ1) is 13.8. The number of para-hydroxylation sites is 1. The molecule has 5 rings (SSSR count). The highest BCUT2D eigenvalue weighted by molar-refractivity contribution is 6.23. The summed E-state index contributed by atoms with van der Waals surface area (Å²) in [4.78, 5) is 0. The van der Waals surface area contributed by atoms with Crippen molar-refractivity contribution in [1.82, 2.24) is 0 Å². The average molecular weight is 367 g/mol. The molecule has 0 saturated heterocycles. The molecule has 0 amide bonds. The molecule has 0 aliphatic rings. The molecule has 0 atom stereocenters. The van der Waals surface area contributed by atoms with Crippen LogP contribution in [0.25, 0.3) is 43.5 Å². The van der Waals surface area contributed by atoms with Crippen LogP contribution < -0.4 is 0 Å². The second-order valence-electron chi connectivity index (χ2n) is 7.92. The van der Waals surface area contributed by atoms with Crippen LogP contribution in [0.15, 0.2) is 71.1 Å². The minimum Gasteiger partial charge on any atom is -0.456 e. The van der Waals surface area contributed by atoms with Crippen molar-refractivity contribution in [2.75, 3.05) is 0 Å². The number of hydrogen-bond acceptors (Lipinski definition) is 1. The van der Waals surface area contributed by atoms with E-state index in [4.69, 9.17) is 4.42 Å². The molecule has 0 bridgehead atoms. The Hall–Kier alpha value is -2.80. The van der Waals surface area contributed by atoms with Crippen LogP contribution in [0.2, 0.25) is 0 Å². The van der Waals surface area contributed by atoms with Crippen LogP contribution in [0.3, 0.4) is 0 Å². The number of hydrogen-bond donors (Lipinski definition) is 0. The van der Waals surface area contributed by atoms with Gasteiger partial charge in [-0.2, -0.15) is 0 Å². The molecule has 0 fully saturated rings. The van der Waals surface area contributed by atoms with Crippen molar-refractivity contribution in [3.8, 4) is 0 Å². The molecular formula is C27H26O. The Balaban J connectivity index is 1.57. The summed E-state index contributed by atoms with van der Waals surface area (Å²) < 4.78 is 6.06. The van der Waals surface area contributed by atoms with Gasteiger partial charge in [-0.05, 0) is 52.1 Å². The van der Waals surface area contributed by atoms with E-state index in [0.717, 1.165) is 11.2 Å². The molecule has 0 aliphatic heterocycles. The van der Waals surface area contributed by atoms with Crippen LogP contribution in [-0.4, -0.2) is 0 Å². The molecule has 1 aromatic heterocycles. The summed E-state index contributed by atoms with van der Waals surface area (Å²) in [5.41, 5.74) is 3.39. The van der Waals surface area contributed by atoms with E-state index in [9.17, 15) is 0 Å². The molecule has 0 N–H and O–H groups in total. The van der Waals surface area contributed by atoms with Crippen molar-refractivity contribution in [3.05, 3.63) is 72.3 Å². The molecule has 0 unspecified atom stereocenters. The lowest BCUT2D eigenvalue weighted by atomic mass is 9.96. The Morgan fingerprint density at radius 3 is 2.39 bits per heavy atom. The fourth-order valence-corrected chi connectivity index (χ4v) is 4.51. The van der Waals surface area contributed by atoms with Crippen LogP contribution in [0, 0.1) is 0 Å². The van der Waals surface area contributed by atoms with E-state index in [1.165, 1.54) is 76.4 Å². The second kappa shape index (κ2) is 7.31. The molecular weight excluding hydrogens is 340 g/mol. The van der Waals surface area contributed by atoms with Gasteiger partial charge in [-0.25, -0.2) is 0 Å². The van der Waals surface area contributed by atoms with Crippen molar-refractivity contribution in [2.24, 2.45) is 0 Å². The Kier molecular flexibility index (Phi) is 4.52. The third kappa shape index (κ3) is 2.96. The highest BCUT2D eigenvalue weighted by Crippen LogP contribution is 2.37. The smallest absolute Gasteiger partial charge is 0.136 e. The van der Waals surface area contributed by atoms with Crippen molar-refractivity contribution in [2.45, 2.75) is 45.4 Å². The zero-order valence-corrected chi connectivity index (χ0v) is 16.5. The lowest BCUT2D eigenvalue weighted by Crippen LogP contribution is -1.87. The Bertz CT molecular complexity index is 1280. The van der Waals surface area contributed by atoms with Gasteiger partial charge in [0.15, 0.2) is 0 Å². The second-order valence-corrected chi connectivity index (χ2v) is 7.92. The number of rotatable bonds is 6. The summed E-state index contributed by atoms with van der Waals surface area (Å²) in [6.07, 6.45) is 7.85. The normalized spacial score (nSPS) is 11.9. The van der Waals surface area contributed by atoms with Crippen LogP contribution >= 0.6 is 0 Å². The minimum absolute atomic E-state index is 0.962. The summed E-state index contributed by atoms with van der Waals surface area (Å²) in [6.45, 7) is 2.27. The molecule has 0 spiro atoms. The largest absolute Gasteiger partial charge is 0.456 e. The first-order valence-corrected chi connectivity index (χ1v) is 10.6. The summed E-state index contributed by atoms with van der Waals surface area (Å²) in [7, 11) is 0. The van der Waals surface area contributed by atoms with E-state index >= 15 is 0 Å². The summed E-state index contributed by atoms with van der Waals surface area (Å²) in [5.74, 6) is 0. The Morgan fingerprint density at radius 1 is 0.643 bits per heavy atom. The molecule has 0 aliphatic carbocycles. The third-order valence-electron chi connectivity index (χ3n) is 5.99. The van der Waals surface area contributed by atoms with E-state index in [0.29, 0.717) is 0 Å². The maximum absolute atomic E-state index is 6.06. The minimum atomic E-state index is 0.962. The van der Waals surface area contributed by atoms with Gasteiger partial charge in [0.05, 0.1) is 0 Å². The highest BCUT2D eigenvalue weighted by Gasteiger charge is 2.11. The van der Waals surface area contributed by atoms with Gasteiger partial charge in [-0.1, -0.05) is 87.2 Å². The van der Waals surface area contributed by atoms with Crippen LogP contribution in [0.1, 0.15) is 44.6 Å². The van der Waals surface area contributed by atoms with Crippen molar-refractivity contribution in [3.63, 3.8) is 0 Å². The van der Waals surface area contributed by atoms with E-state index in [1.807, 2.05) is 6.07 Å². The molecule has 1 heterocycles. The standard InChI is InChI=1S/C27H26O/c1-2-3-4-5-6-9-19-12-14-21-20(18-19)13-15-23-22(21)16-17-26-27(23)24-10-7-8-11-25(24)28-26/h7-8,10-18H,2-6,9H2,1H3. The van der Waals surface area contributed by atoms with Gasteiger partial charge in [0.1, 0.15) is 11.2 Å². The van der Waals surface area contributed by atoms with E-state index in [1.54, 1.807) is 0 Å². The van der Waals surface area contributed by atoms with Crippen LogP contribution in [0.5, 0.6) is 0 Å². The summed E-state index contributed by atoms with van der Waals surface area (Å²) in [5, 5.41) is 7.69. The van der Waals surface area contributed by atoms with Gasteiger partial charge < -0.3 is 4.42 Å². The maximum atomic E-state index is 6.06. The van der Waals surface area contributed by atoms with Gasteiger partial charge in [0.2, 0.25) is 0 Å². The molecule has 1 heteroatoms. The number of unbranched alkanes of at least 4 members (excludes halogenated alkanes) is 4. The van der Waals surface area contributed by atoms with E-state index in [-0.39, 0.29) is 0 Å². The van der Waals surface area contributed by atoms with Gasteiger partial charge in [0, 0.05) is 10.8 Å². The highest BCUT2D eigenvalue weighted by atomic mass is 16.3. The van der Waals surface area contributed by atoms with Crippen molar-refractivity contribution >= 4 is 43.5 Å². The molecule has 4 aromatic carbocycles. The number of aryl methyl sites for hydroxylation is 1. The monoisotopic (exact) mass is 366 g/mol. The SMILES string of the molecule is CCCCCCCc1ccc2c(ccc3c2ccc2oc4ccccc4c23)c1. The molecule has 140 valence electrons. The third-order valence-corrected chi connectivity index (χ3v) is 5.99. The molecule has 0 radical (unpaired) electrons. The fraction of sp³-hybridized carbons (Fsp3) is 0.259. The van der Waals surface area contributed by atoms with Crippen molar-refractivity contribution in [1.29, 1.82) is 0 Å². The van der Waals surface area contributed by atoms with Crippen LogP contribution in [-0.2, 0) is 6.42 Å². The number of fused-ring (bicyclic) bond motifs is 7. The predicted molar refractivity (Wildman–Crippen MR) is 121 cm³/mol. The van der Waals surface area contributed by atoms with Gasteiger partial charge in [-0.3, -0.25) is 0 Å². The quantitative estimate of drug-likeness (QED) is 0.217.